The molecule has 2 heteroatoms. The van der Waals surface area contributed by atoms with Gasteiger partial charge in [0.25, 0.3) is 0 Å². The van der Waals surface area contributed by atoms with Gasteiger partial charge in [-0.2, -0.15) is 0 Å². The summed E-state index contributed by atoms with van der Waals surface area (Å²) in [5, 5.41) is 0. The number of hydrogen-bond donors (Lipinski definition) is 1. The van der Waals surface area contributed by atoms with Crippen LogP contribution >= 0.6 is 0 Å². The topological polar surface area (TPSA) is 28.7 Å². The molecular formula is C14H18N2. The molecule has 16 heavy (non-hydrogen) atoms. The lowest BCUT2D eigenvalue weighted by molar-refractivity contribution is 0.665. The minimum atomic E-state index is 1.07. The average molecular weight is 214 g/mol. The van der Waals surface area contributed by atoms with Gasteiger partial charge >= 0.3 is 0 Å². The summed E-state index contributed by atoms with van der Waals surface area (Å²) in [6.07, 6.45) is 9.74. The van der Waals surface area contributed by atoms with Gasteiger partial charge in [0, 0.05) is 18.8 Å². The Bertz CT molecular complexity index is 378. The Morgan fingerprint density at radius 1 is 0.938 bits per heavy atom. The van der Waals surface area contributed by atoms with E-state index in [9.17, 15) is 0 Å². The SMILES string of the molecule is c1ccc(CCCCCc2ncc[nH]2)cc1. The van der Waals surface area contributed by atoms with Gasteiger partial charge in [-0.1, -0.05) is 36.8 Å². The molecule has 0 spiro atoms. The summed E-state index contributed by atoms with van der Waals surface area (Å²) in [4.78, 5) is 7.35. The molecule has 0 bridgehead atoms. The van der Waals surface area contributed by atoms with Crippen LogP contribution in [0.2, 0.25) is 0 Å². The zero-order chi connectivity index (χ0) is 11.1. The second-order valence-electron chi connectivity index (χ2n) is 4.08. The van der Waals surface area contributed by atoms with E-state index in [0.29, 0.717) is 0 Å². The Hall–Kier alpha value is -1.57. The highest BCUT2D eigenvalue weighted by atomic mass is 14.9. The number of benzene rings is 1. The van der Waals surface area contributed by atoms with E-state index in [-0.39, 0.29) is 0 Å². The van der Waals surface area contributed by atoms with Crippen LogP contribution in [-0.4, -0.2) is 9.97 Å². The molecule has 1 aromatic carbocycles. The number of nitrogens with one attached hydrogen (secondary N) is 1. The second kappa shape index (κ2) is 6.11. The minimum Gasteiger partial charge on any atom is -0.349 e. The van der Waals surface area contributed by atoms with Crippen molar-refractivity contribution in [1.82, 2.24) is 9.97 Å². The van der Waals surface area contributed by atoms with Crippen molar-refractivity contribution in [1.29, 1.82) is 0 Å². The van der Waals surface area contributed by atoms with Crippen molar-refractivity contribution in [3.05, 3.63) is 54.1 Å². The van der Waals surface area contributed by atoms with E-state index in [4.69, 9.17) is 0 Å². The lowest BCUT2D eigenvalue weighted by Gasteiger charge is -2.00. The van der Waals surface area contributed by atoms with Crippen LogP contribution < -0.4 is 0 Å². The van der Waals surface area contributed by atoms with E-state index in [1.807, 2.05) is 12.4 Å². The maximum atomic E-state index is 4.22. The lowest BCUT2D eigenvalue weighted by atomic mass is 10.1. The van der Waals surface area contributed by atoms with Crippen molar-refractivity contribution in [2.45, 2.75) is 32.1 Å². The van der Waals surface area contributed by atoms with E-state index < -0.39 is 0 Å². The molecule has 0 aliphatic rings. The van der Waals surface area contributed by atoms with E-state index in [0.717, 1.165) is 12.2 Å². The predicted molar refractivity (Wildman–Crippen MR) is 66.3 cm³/mol. The summed E-state index contributed by atoms with van der Waals surface area (Å²) < 4.78 is 0. The molecule has 0 unspecified atom stereocenters. The molecule has 0 atom stereocenters. The lowest BCUT2D eigenvalue weighted by Crippen LogP contribution is -1.90. The highest BCUT2D eigenvalue weighted by Crippen LogP contribution is 2.07. The second-order valence-corrected chi connectivity index (χ2v) is 4.08. The summed E-state index contributed by atoms with van der Waals surface area (Å²) in [7, 11) is 0. The zero-order valence-electron chi connectivity index (χ0n) is 9.52. The standard InChI is InChI=1S/C14H18N2/c1-3-7-13(8-4-1)9-5-2-6-10-14-15-11-12-16-14/h1,3-4,7-8,11-12H,2,5-6,9-10H2,(H,15,16). The molecule has 0 saturated carbocycles. The van der Waals surface area contributed by atoms with Gasteiger partial charge < -0.3 is 4.98 Å². The normalized spacial score (nSPS) is 10.5. The Balaban J connectivity index is 1.59. The van der Waals surface area contributed by atoms with Crippen LogP contribution in [0.4, 0.5) is 0 Å². The van der Waals surface area contributed by atoms with Crippen LogP contribution in [-0.2, 0) is 12.8 Å². The number of aryl methyl sites for hydroxylation is 2. The van der Waals surface area contributed by atoms with Crippen molar-refractivity contribution in [2.75, 3.05) is 0 Å². The van der Waals surface area contributed by atoms with Crippen LogP contribution in [0.25, 0.3) is 0 Å². The quantitative estimate of drug-likeness (QED) is 0.734. The fraction of sp³-hybridized carbons (Fsp3) is 0.357. The molecule has 2 rings (SSSR count). The van der Waals surface area contributed by atoms with E-state index >= 15 is 0 Å². The Kier molecular flexibility index (Phi) is 4.17. The maximum Gasteiger partial charge on any atom is 0.105 e. The van der Waals surface area contributed by atoms with E-state index in [1.165, 1.54) is 31.2 Å². The fourth-order valence-corrected chi connectivity index (χ4v) is 1.88. The summed E-state index contributed by atoms with van der Waals surface area (Å²) in [5.41, 5.74) is 1.44. The van der Waals surface area contributed by atoms with Crippen molar-refractivity contribution < 1.29 is 0 Å². The summed E-state index contributed by atoms with van der Waals surface area (Å²) in [5.74, 6) is 1.11. The molecule has 1 aromatic heterocycles. The average Bonchev–Trinajstić information content (AvgIpc) is 2.83. The first-order valence-electron chi connectivity index (χ1n) is 5.97. The third-order valence-corrected chi connectivity index (χ3v) is 2.78. The molecule has 1 N–H and O–H groups in total. The molecule has 2 nitrogen and oxygen atoms in total. The van der Waals surface area contributed by atoms with Gasteiger partial charge in [-0.3, -0.25) is 0 Å². The predicted octanol–water partition coefficient (Wildman–Crippen LogP) is 3.37. The first kappa shape index (κ1) is 10.9. The summed E-state index contributed by atoms with van der Waals surface area (Å²) in [6.45, 7) is 0. The first-order chi connectivity index (χ1) is 7.95. The summed E-state index contributed by atoms with van der Waals surface area (Å²) in [6, 6.07) is 10.7. The van der Waals surface area contributed by atoms with Crippen molar-refractivity contribution in [3.8, 4) is 0 Å². The number of nitrogens with zero attached hydrogens (tertiary/aromatic N) is 1. The molecule has 1 heterocycles. The van der Waals surface area contributed by atoms with E-state index in [1.54, 1.807) is 0 Å². The van der Waals surface area contributed by atoms with Crippen LogP contribution in [0.1, 0.15) is 30.7 Å². The van der Waals surface area contributed by atoms with Gasteiger partial charge in [0.05, 0.1) is 0 Å². The number of rotatable bonds is 6. The molecule has 0 aliphatic heterocycles. The number of hydrogen-bond acceptors (Lipinski definition) is 1. The number of unbranched alkanes of at least 4 members (excludes halogenated alkanes) is 2. The minimum absolute atomic E-state index is 1.07. The van der Waals surface area contributed by atoms with Crippen LogP contribution in [0.5, 0.6) is 0 Å². The third-order valence-electron chi connectivity index (χ3n) is 2.78. The zero-order valence-corrected chi connectivity index (χ0v) is 9.52. The first-order valence-corrected chi connectivity index (χ1v) is 5.97. The highest BCUT2D eigenvalue weighted by Gasteiger charge is 1.95. The number of aromatic nitrogens is 2. The van der Waals surface area contributed by atoms with Gasteiger partial charge in [0.2, 0.25) is 0 Å². The fourth-order valence-electron chi connectivity index (χ4n) is 1.88. The monoisotopic (exact) mass is 214 g/mol. The molecule has 0 aliphatic carbocycles. The van der Waals surface area contributed by atoms with Gasteiger partial charge in [-0.05, 0) is 24.8 Å². The maximum absolute atomic E-state index is 4.22. The highest BCUT2D eigenvalue weighted by molar-refractivity contribution is 5.14. The molecule has 0 fully saturated rings. The van der Waals surface area contributed by atoms with Crippen molar-refractivity contribution in [2.24, 2.45) is 0 Å². The van der Waals surface area contributed by atoms with Gasteiger partial charge in [0.15, 0.2) is 0 Å². The Labute approximate surface area is 96.7 Å². The van der Waals surface area contributed by atoms with Gasteiger partial charge in [0.1, 0.15) is 5.82 Å². The van der Waals surface area contributed by atoms with Crippen LogP contribution in [0.15, 0.2) is 42.7 Å². The smallest absolute Gasteiger partial charge is 0.105 e. The number of H-pyrrole nitrogens is 1. The molecule has 0 radical (unpaired) electrons. The molecule has 84 valence electrons. The van der Waals surface area contributed by atoms with Crippen molar-refractivity contribution >= 4 is 0 Å². The number of aromatic amines is 1. The molecular weight excluding hydrogens is 196 g/mol. The largest absolute Gasteiger partial charge is 0.349 e. The van der Waals surface area contributed by atoms with Gasteiger partial charge in [-0.15, -0.1) is 0 Å². The Morgan fingerprint density at radius 3 is 2.50 bits per heavy atom. The molecule has 0 saturated heterocycles. The third kappa shape index (κ3) is 3.54. The van der Waals surface area contributed by atoms with Crippen LogP contribution in [0, 0.1) is 0 Å². The summed E-state index contributed by atoms with van der Waals surface area (Å²) >= 11 is 0. The Morgan fingerprint density at radius 2 is 1.75 bits per heavy atom. The molecule has 2 aromatic rings. The molecule has 0 amide bonds. The van der Waals surface area contributed by atoms with Crippen molar-refractivity contribution in [3.63, 3.8) is 0 Å². The number of imidazole rings is 1. The van der Waals surface area contributed by atoms with Crippen LogP contribution in [0.3, 0.4) is 0 Å². The van der Waals surface area contributed by atoms with Gasteiger partial charge in [-0.25, -0.2) is 4.98 Å². The van der Waals surface area contributed by atoms with E-state index in [2.05, 4.69) is 40.3 Å².